The largest absolute Gasteiger partial charge is 0.692 e. The molecule has 0 amide bonds. The van der Waals surface area contributed by atoms with Gasteiger partial charge in [0.2, 0.25) is 0 Å². The molecule has 4 N–H and O–H groups in total. The van der Waals surface area contributed by atoms with Crippen molar-refractivity contribution in [1.29, 1.82) is 0 Å². The normalized spacial score (nSPS) is 5.78. The van der Waals surface area contributed by atoms with Crippen molar-refractivity contribution in [3.8, 4) is 0 Å². The van der Waals surface area contributed by atoms with E-state index in [1.807, 2.05) is 0 Å². The maximum absolute atomic E-state index is 8.70. The Morgan fingerprint density at radius 2 is 0.778 bits per heavy atom. The average molecular weight is 196 g/mol. The van der Waals surface area contributed by atoms with Crippen LogP contribution in [0.3, 0.4) is 0 Å². The Balaban J connectivity index is -0.0000000720. The molecular formula is H7O6P3+2. The summed E-state index contributed by atoms with van der Waals surface area (Å²) in [4.78, 5) is 28.5. The van der Waals surface area contributed by atoms with Crippen LogP contribution in [0.4, 0.5) is 0 Å². The molecule has 0 heterocycles. The summed E-state index contributed by atoms with van der Waals surface area (Å²) in [6, 6.07) is 0. The van der Waals surface area contributed by atoms with E-state index in [-0.39, 0.29) is 9.90 Å². The van der Waals surface area contributed by atoms with Crippen molar-refractivity contribution in [2.45, 2.75) is 0 Å². The van der Waals surface area contributed by atoms with Crippen molar-refractivity contribution < 1.29 is 28.7 Å². The first-order chi connectivity index (χ1) is 3.46. The van der Waals surface area contributed by atoms with Crippen LogP contribution in [0.25, 0.3) is 0 Å². The second-order valence-corrected chi connectivity index (χ2v) is 1.52. The molecule has 0 aromatic rings. The Bertz CT molecular complexity index is 66.3. The highest BCUT2D eigenvalue weighted by molar-refractivity contribution is 7.31. The Morgan fingerprint density at radius 3 is 0.778 bits per heavy atom. The topological polar surface area (TPSA) is 115 Å². The second-order valence-electron chi connectivity index (χ2n) is 0.505. The molecule has 0 rings (SSSR count). The van der Waals surface area contributed by atoms with Crippen LogP contribution in [0.15, 0.2) is 0 Å². The molecule has 0 fully saturated rings. The fraction of sp³-hybridized carbons (Fsp3) is 0. The highest BCUT2D eigenvalue weighted by Crippen LogP contribution is 1.98. The maximum Gasteiger partial charge on any atom is 0.692 e. The van der Waals surface area contributed by atoms with E-state index in [0.717, 1.165) is 0 Å². The third-order valence-corrected chi connectivity index (χ3v) is 0. The molecule has 0 saturated carbocycles. The summed E-state index contributed by atoms with van der Waals surface area (Å²) in [5, 5.41) is 0. The second kappa shape index (κ2) is 11.3. The molecule has 9 heteroatoms. The minimum atomic E-state index is -2.87. The Hall–Kier alpha value is 0.470. The molecule has 0 saturated heterocycles. The Morgan fingerprint density at radius 1 is 0.778 bits per heavy atom. The van der Waals surface area contributed by atoms with Gasteiger partial charge in [-0.2, -0.15) is 9.90 Å². The molecule has 0 radical (unpaired) electrons. The quantitative estimate of drug-likeness (QED) is 0.381. The first kappa shape index (κ1) is 16.2. The van der Waals surface area contributed by atoms with Gasteiger partial charge in [-0.3, -0.25) is 0 Å². The number of hydrogen-bond donors (Lipinski definition) is 4. The lowest BCUT2D eigenvalue weighted by atomic mass is 15.8. The first-order valence-corrected chi connectivity index (χ1v) is 3.50. The van der Waals surface area contributed by atoms with Crippen molar-refractivity contribution >= 4 is 26.4 Å². The summed E-state index contributed by atoms with van der Waals surface area (Å²) >= 11 is 0. The van der Waals surface area contributed by atoms with Crippen molar-refractivity contribution in [3.63, 3.8) is 0 Å². The first-order valence-electron chi connectivity index (χ1n) is 1.17. The highest BCUT2D eigenvalue weighted by Gasteiger charge is 1.93. The van der Waals surface area contributed by atoms with Crippen LogP contribution in [0.5, 0.6) is 0 Å². The average Bonchev–Trinajstić information content (AvgIpc) is 1.25. The highest BCUT2D eigenvalue weighted by atomic mass is 31.1. The van der Waals surface area contributed by atoms with Gasteiger partial charge in [0, 0.05) is 9.13 Å². The molecule has 6 nitrogen and oxygen atoms in total. The van der Waals surface area contributed by atoms with Gasteiger partial charge < -0.3 is 0 Å². The lowest BCUT2D eigenvalue weighted by Crippen LogP contribution is -1.38. The molecule has 0 aliphatic rings. The zero-order chi connectivity index (χ0) is 7.15. The van der Waals surface area contributed by atoms with Gasteiger partial charge in [0.1, 0.15) is 0 Å². The van der Waals surface area contributed by atoms with Crippen molar-refractivity contribution in [3.05, 3.63) is 0 Å². The smallest absolute Gasteiger partial charge is 0.153 e. The van der Waals surface area contributed by atoms with Crippen LogP contribution in [-0.2, 0) is 9.13 Å². The zero-order valence-electron chi connectivity index (χ0n) is 4.21. The number of rotatable bonds is 0. The molecule has 1 unspecified atom stereocenters. The zero-order valence-corrected chi connectivity index (χ0v) is 7.41. The minimum absolute atomic E-state index is 0. The molecule has 1 atom stereocenters. The fourth-order valence-electron chi connectivity index (χ4n) is 0. The number of hydrogen-bond acceptors (Lipinski definition) is 2. The van der Waals surface area contributed by atoms with Gasteiger partial charge in [-0.1, -0.05) is 0 Å². The van der Waals surface area contributed by atoms with E-state index in [1.165, 1.54) is 0 Å². The van der Waals surface area contributed by atoms with E-state index in [4.69, 9.17) is 28.7 Å². The van der Waals surface area contributed by atoms with E-state index < -0.39 is 16.5 Å². The van der Waals surface area contributed by atoms with E-state index in [9.17, 15) is 0 Å². The predicted octanol–water partition coefficient (Wildman–Crippen LogP) is -0.685. The summed E-state index contributed by atoms with van der Waals surface area (Å²) in [5.41, 5.74) is 0. The molecule has 56 valence electrons. The SMILES string of the molecule is O=[P+](O)O.O=[P+](O)O.P. The lowest BCUT2D eigenvalue weighted by molar-refractivity contribution is 0.403. The van der Waals surface area contributed by atoms with Crippen LogP contribution in [0.2, 0.25) is 0 Å². The van der Waals surface area contributed by atoms with Crippen molar-refractivity contribution in [2.24, 2.45) is 0 Å². The monoisotopic (exact) mass is 196 g/mol. The van der Waals surface area contributed by atoms with E-state index >= 15 is 0 Å². The van der Waals surface area contributed by atoms with Crippen LogP contribution >= 0.6 is 26.4 Å². The molecule has 0 bridgehead atoms. The summed E-state index contributed by atoms with van der Waals surface area (Å²) in [5.74, 6) is 0. The third kappa shape index (κ3) is 1610. The summed E-state index contributed by atoms with van der Waals surface area (Å²) in [7, 11) is -5.74. The minimum Gasteiger partial charge on any atom is -0.153 e. The van der Waals surface area contributed by atoms with Gasteiger partial charge >= 0.3 is 16.5 Å². The molecule has 0 spiro atoms. The summed E-state index contributed by atoms with van der Waals surface area (Å²) < 4.78 is 17.4. The van der Waals surface area contributed by atoms with E-state index in [1.54, 1.807) is 0 Å². The maximum atomic E-state index is 8.70. The van der Waals surface area contributed by atoms with Gasteiger partial charge in [0.25, 0.3) is 0 Å². The van der Waals surface area contributed by atoms with Gasteiger partial charge in [-0.05, 0) is 0 Å². The van der Waals surface area contributed by atoms with Crippen LogP contribution in [-0.4, -0.2) is 19.6 Å². The standard InChI is InChI=1S/2HO3P.H3P/c2*1-4(2)3;/h2*(H-,1,2,3);1H3/p+2. The van der Waals surface area contributed by atoms with Crippen molar-refractivity contribution in [2.75, 3.05) is 0 Å². The molecule has 0 aromatic carbocycles. The Kier molecular flexibility index (Phi) is 20.4. The van der Waals surface area contributed by atoms with Crippen LogP contribution < -0.4 is 0 Å². The van der Waals surface area contributed by atoms with Gasteiger partial charge in [0.15, 0.2) is 0 Å². The van der Waals surface area contributed by atoms with Gasteiger partial charge in [-0.15, -0.1) is 19.6 Å². The fourth-order valence-corrected chi connectivity index (χ4v) is 0. The predicted molar refractivity (Wildman–Crippen MR) is 35.2 cm³/mol. The third-order valence-electron chi connectivity index (χ3n) is 0. The summed E-state index contributed by atoms with van der Waals surface area (Å²) in [6.45, 7) is 0. The van der Waals surface area contributed by atoms with Crippen molar-refractivity contribution in [1.82, 2.24) is 0 Å². The lowest BCUT2D eigenvalue weighted by Gasteiger charge is -1.34. The van der Waals surface area contributed by atoms with E-state index in [0.29, 0.717) is 0 Å². The molecule has 0 aliphatic carbocycles. The Labute approximate surface area is 56.1 Å². The van der Waals surface area contributed by atoms with E-state index in [2.05, 4.69) is 0 Å². The van der Waals surface area contributed by atoms with Gasteiger partial charge in [-0.25, -0.2) is 0 Å². The molecule has 0 aliphatic heterocycles. The molecule has 9 heavy (non-hydrogen) atoms. The van der Waals surface area contributed by atoms with Crippen LogP contribution in [0, 0.1) is 0 Å². The van der Waals surface area contributed by atoms with Gasteiger partial charge in [0.05, 0.1) is 0 Å². The summed E-state index contributed by atoms with van der Waals surface area (Å²) in [6.07, 6.45) is 0. The van der Waals surface area contributed by atoms with Crippen LogP contribution in [0.1, 0.15) is 0 Å². The molecular weight excluding hydrogens is 189 g/mol. The molecule has 0 aromatic heterocycles.